The van der Waals surface area contributed by atoms with Crippen molar-refractivity contribution >= 4 is 11.9 Å². The number of ether oxygens (including phenoxy) is 2. The number of hydrogen-bond donors (Lipinski definition) is 1. The van der Waals surface area contributed by atoms with Crippen molar-refractivity contribution in [1.82, 2.24) is 4.90 Å². The van der Waals surface area contributed by atoms with Crippen LogP contribution in [0.3, 0.4) is 0 Å². The molecule has 0 bridgehead atoms. The van der Waals surface area contributed by atoms with Gasteiger partial charge in [0.1, 0.15) is 5.75 Å². The predicted molar refractivity (Wildman–Crippen MR) is 77.9 cm³/mol. The molecule has 2 saturated heterocycles. The van der Waals surface area contributed by atoms with Gasteiger partial charge < -0.3 is 19.5 Å². The summed E-state index contributed by atoms with van der Waals surface area (Å²) in [5.74, 6) is -0.307. The first-order valence-corrected chi connectivity index (χ1v) is 7.30. The Morgan fingerprint density at radius 2 is 2.32 bits per heavy atom. The molecule has 2 aliphatic heterocycles. The maximum absolute atomic E-state index is 12.6. The highest BCUT2D eigenvalue weighted by molar-refractivity contribution is 5.94. The highest BCUT2D eigenvalue weighted by Gasteiger charge is 2.48. The Bertz CT molecular complexity index is 602. The van der Waals surface area contributed by atoms with E-state index in [1.165, 1.54) is 0 Å². The molecule has 0 aromatic heterocycles. The van der Waals surface area contributed by atoms with Gasteiger partial charge in [-0.1, -0.05) is 13.0 Å². The fourth-order valence-corrected chi connectivity index (χ4v) is 3.17. The normalized spacial score (nSPS) is 26.8. The first-order chi connectivity index (χ1) is 10.5. The van der Waals surface area contributed by atoms with Crippen molar-refractivity contribution in [3.8, 4) is 5.75 Å². The average molecular weight is 305 g/mol. The smallest absolute Gasteiger partial charge is 0.341 e. The molecule has 1 aromatic rings. The summed E-state index contributed by atoms with van der Waals surface area (Å²) >= 11 is 0. The third-order valence-electron chi connectivity index (χ3n) is 4.46. The second kappa shape index (κ2) is 5.61. The van der Waals surface area contributed by atoms with Crippen molar-refractivity contribution in [1.29, 1.82) is 0 Å². The van der Waals surface area contributed by atoms with Gasteiger partial charge in [-0.15, -0.1) is 0 Å². The minimum atomic E-state index is -1.04. The highest BCUT2D eigenvalue weighted by Crippen LogP contribution is 2.41. The number of likely N-dealkylation sites (tertiary alicyclic amines) is 1. The van der Waals surface area contributed by atoms with Crippen LogP contribution in [0.1, 0.15) is 17.3 Å². The predicted octanol–water partition coefficient (Wildman–Crippen LogP) is 1.26. The Hall–Kier alpha value is -2.08. The summed E-state index contributed by atoms with van der Waals surface area (Å²) in [4.78, 5) is 25.0. The molecule has 0 aliphatic carbocycles. The van der Waals surface area contributed by atoms with Crippen LogP contribution in [0.2, 0.25) is 0 Å². The van der Waals surface area contributed by atoms with Gasteiger partial charge in [0.15, 0.2) is 6.61 Å². The summed E-state index contributed by atoms with van der Waals surface area (Å²) < 4.78 is 10.6. The maximum atomic E-state index is 12.6. The lowest BCUT2D eigenvalue weighted by Crippen LogP contribution is -2.32. The quantitative estimate of drug-likeness (QED) is 0.906. The van der Waals surface area contributed by atoms with E-state index < -0.39 is 12.6 Å². The molecule has 0 radical (unpaired) electrons. The molecular formula is C16H19NO5. The van der Waals surface area contributed by atoms with E-state index in [2.05, 4.69) is 6.92 Å². The van der Waals surface area contributed by atoms with Crippen LogP contribution < -0.4 is 4.74 Å². The second-order valence-corrected chi connectivity index (χ2v) is 6.26. The molecule has 1 aromatic carbocycles. The molecule has 0 spiro atoms. The number of rotatable bonds is 4. The van der Waals surface area contributed by atoms with Crippen LogP contribution in [0.25, 0.3) is 0 Å². The SMILES string of the molecule is CC12COCC1CN(C(=O)c1cccc(OCC(=O)O)c1)C2. The Balaban J connectivity index is 1.70. The summed E-state index contributed by atoms with van der Waals surface area (Å²) in [5.41, 5.74) is 0.569. The Morgan fingerprint density at radius 3 is 3.05 bits per heavy atom. The number of aliphatic carboxylic acids is 1. The molecule has 6 heteroatoms. The number of nitrogens with zero attached hydrogens (tertiary/aromatic N) is 1. The molecule has 118 valence electrons. The molecule has 1 N–H and O–H groups in total. The lowest BCUT2D eigenvalue weighted by atomic mass is 9.83. The lowest BCUT2D eigenvalue weighted by molar-refractivity contribution is -0.139. The summed E-state index contributed by atoms with van der Waals surface area (Å²) in [7, 11) is 0. The van der Waals surface area contributed by atoms with Crippen LogP contribution in [0.15, 0.2) is 24.3 Å². The van der Waals surface area contributed by atoms with Crippen molar-refractivity contribution in [2.75, 3.05) is 32.9 Å². The molecule has 2 aliphatic rings. The monoisotopic (exact) mass is 305 g/mol. The topological polar surface area (TPSA) is 76.1 Å². The fourth-order valence-electron chi connectivity index (χ4n) is 3.17. The minimum absolute atomic E-state index is 0.0450. The minimum Gasteiger partial charge on any atom is -0.482 e. The zero-order valence-corrected chi connectivity index (χ0v) is 12.4. The van der Waals surface area contributed by atoms with Gasteiger partial charge in [0.05, 0.1) is 13.2 Å². The van der Waals surface area contributed by atoms with Crippen LogP contribution >= 0.6 is 0 Å². The van der Waals surface area contributed by atoms with Gasteiger partial charge >= 0.3 is 5.97 Å². The first-order valence-electron chi connectivity index (χ1n) is 7.30. The van der Waals surface area contributed by atoms with E-state index in [1.54, 1.807) is 24.3 Å². The Kier molecular flexibility index (Phi) is 3.78. The summed E-state index contributed by atoms with van der Waals surface area (Å²) in [5, 5.41) is 8.63. The number of carbonyl (C=O) groups is 2. The van der Waals surface area contributed by atoms with Crippen molar-refractivity contribution in [3.63, 3.8) is 0 Å². The van der Waals surface area contributed by atoms with Crippen LogP contribution in [0, 0.1) is 11.3 Å². The lowest BCUT2D eigenvalue weighted by Gasteiger charge is -2.21. The van der Waals surface area contributed by atoms with Gasteiger partial charge in [0.2, 0.25) is 0 Å². The molecule has 2 heterocycles. The number of fused-ring (bicyclic) bond motifs is 1. The van der Waals surface area contributed by atoms with Crippen molar-refractivity contribution in [2.45, 2.75) is 6.92 Å². The van der Waals surface area contributed by atoms with Gasteiger partial charge in [-0.3, -0.25) is 4.79 Å². The third-order valence-corrected chi connectivity index (χ3v) is 4.46. The van der Waals surface area contributed by atoms with Crippen LogP contribution in [-0.4, -0.2) is 54.8 Å². The van der Waals surface area contributed by atoms with E-state index in [9.17, 15) is 9.59 Å². The van der Waals surface area contributed by atoms with Gasteiger partial charge in [0.25, 0.3) is 5.91 Å². The zero-order valence-electron chi connectivity index (χ0n) is 12.4. The maximum Gasteiger partial charge on any atom is 0.341 e. The third kappa shape index (κ3) is 2.78. The van der Waals surface area contributed by atoms with Gasteiger partial charge in [-0.25, -0.2) is 4.79 Å². The molecule has 3 rings (SSSR count). The first kappa shape index (κ1) is 14.8. The van der Waals surface area contributed by atoms with E-state index in [-0.39, 0.29) is 11.3 Å². The van der Waals surface area contributed by atoms with Crippen LogP contribution in [0.4, 0.5) is 0 Å². The molecule has 2 fully saturated rings. The molecule has 1 amide bonds. The number of benzene rings is 1. The summed E-state index contributed by atoms with van der Waals surface area (Å²) in [6.07, 6.45) is 0. The molecule has 2 unspecified atom stereocenters. The summed E-state index contributed by atoms with van der Waals surface area (Å²) in [6.45, 7) is 4.54. The average Bonchev–Trinajstić information content (AvgIpc) is 2.99. The Morgan fingerprint density at radius 1 is 1.50 bits per heavy atom. The number of carbonyl (C=O) groups excluding carboxylic acids is 1. The largest absolute Gasteiger partial charge is 0.482 e. The molecule has 6 nitrogen and oxygen atoms in total. The highest BCUT2D eigenvalue weighted by atomic mass is 16.5. The van der Waals surface area contributed by atoms with E-state index in [1.807, 2.05) is 4.90 Å². The van der Waals surface area contributed by atoms with E-state index in [0.29, 0.717) is 43.5 Å². The zero-order chi connectivity index (χ0) is 15.7. The van der Waals surface area contributed by atoms with E-state index >= 15 is 0 Å². The molecule has 0 saturated carbocycles. The number of carboxylic acid groups (broad SMARTS) is 1. The number of carboxylic acids is 1. The van der Waals surface area contributed by atoms with Crippen molar-refractivity contribution in [3.05, 3.63) is 29.8 Å². The van der Waals surface area contributed by atoms with E-state index in [0.717, 1.165) is 0 Å². The van der Waals surface area contributed by atoms with Crippen molar-refractivity contribution in [2.24, 2.45) is 11.3 Å². The van der Waals surface area contributed by atoms with Gasteiger partial charge in [-0.05, 0) is 18.2 Å². The molecule has 2 atom stereocenters. The molecule has 22 heavy (non-hydrogen) atoms. The number of hydrogen-bond acceptors (Lipinski definition) is 4. The second-order valence-electron chi connectivity index (χ2n) is 6.26. The number of amides is 1. The van der Waals surface area contributed by atoms with Crippen LogP contribution in [0.5, 0.6) is 5.75 Å². The van der Waals surface area contributed by atoms with E-state index in [4.69, 9.17) is 14.6 Å². The van der Waals surface area contributed by atoms with Crippen molar-refractivity contribution < 1.29 is 24.2 Å². The fraction of sp³-hybridized carbons (Fsp3) is 0.500. The standard InChI is InChI=1S/C16H19NO5/c1-16-9-17(6-12(16)7-21-10-16)15(20)11-3-2-4-13(5-11)22-8-14(18)19/h2-5,12H,6-10H2,1H3,(H,18,19). The molecular weight excluding hydrogens is 286 g/mol. The summed E-state index contributed by atoms with van der Waals surface area (Å²) in [6, 6.07) is 6.67. The van der Waals surface area contributed by atoms with Crippen LogP contribution in [-0.2, 0) is 9.53 Å². The van der Waals surface area contributed by atoms with Gasteiger partial charge in [-0.2, -0.15) is 0 Å². The Labute approximate surface area is 128 Å². The van der Waals surface area contributed by atoms with Gasteiger partial charge in [0, 0.05) is 30.0 Å².